The third-order valence-electron chi connectivity index (χ3n) is 3.14. The van der Waals surface area contributed by atoms with E-state index in [0.29, 0.717) is 0 Å². The van der Waals surface area contributed by atoms with Gasteiger partial charge in [0.15, 0.2) is 0 Å². The molecule has 0 spiro atoms. The topological polar surface area (TPSA) is 71.5 Å². The number of ether oxygens (including phenoxy) is 1. The lowest BCUT2D eigenvalue weighted by atomic mass is 10.1. The van der Waals surface area contributed by atoms with Gasteiger partial charge in [0.25, 0.3) is 0 Å². The molecule has 1 heterocycles. The van der Waals surface area contributed by atoms with Crippen molar-refractivity contribution in [2.45, 2.75) is 39.4 Å². The number of benzene rings is 1. The van der Waals surface area contributed by atoms with Crippen molar-refractivity contribution in [3.8, 4) is 5.75 Å². The second kappa shape index (κ2) is 8.08. The van der Waals surface area contributed by atoms with Crippen LogP contribution < -0.4 is 10.1 Å². The third-order valence-corrected chi connectivity index (χ3v) is 3.96. The van der Waals surface area contributed by atoms with Gasteiger partial charge in [-0.2, -0.15) is 0 Å². The van der Waals surface area contributed by atoms with Gasteiger partial charge in [-0.3, -0.25) is 4.79 Å². The molecule has 1 unspecified atom stereocenters. The lowest BCUT2D eigenvalue weighted by Crippen LogP contribution is -2.29. The van der Waals surface area contributed by atoms with Crippen LogP contribution in [0.2, 0.25) is 0 Å². The second-order valence-electron chi connectivity index (χ2n) is 5.59. The maximum atomic E-state index is 11.9. The van der Waals surface area contributed by atoms with E-state index in [1.54, 1.807) is 12.1 Å². The van der Waals surface area contributed by atoms with Gasteiger partial charge in [-0.15, -0.1) is 11.3 Å². The molecule has 124 valence electrons. The number of rotatable bonds is 7. The van der Waals surface area contributed by atoms with Crippen LogP contribution in [0.3, 0.4) is 0 Å². The summed E-state index contributed by atoms with van der Waals surface area (Å²) in [4.78, 5) is 16.1. The summed E-state index contributed by atoms with van der Waals surface area (Å²) in [6, 6.07) is 7.24. The van der Waals surface area contributed by atoms with Gasteiger partial charge < -0.3 is 15.2 Å². The number of carbonyl (C=O) groups excluding carboxylic acids is 1. The summed E-state index contributed by atoms with van der Waals surface area (Å²) in [7, 11) is 0. The molecule has 1 aromatic carbocycles. The molecule has 0 radical (unpaired) electrons. The molecule has 6 heteroatoms. The Morgan fingerprint density at radius 3 is 2.61 bits per heavy atom. The predicted molar refractivity (Wildman–Crippen MR) is 90.7 cm³/mol. The van der Waals surface area contributed by atoms with Gasteiger partial charge in [0, 0.05) is 11.9 Å². The van der Waals surface area contributed by atoms with Gasteiger partial charge in [0.05, 0.1) is 29.3 Å². The van der Waals surface area contributed by atoms with E-state index in [9.17, 15) is 9.90 Å². The highest BCUT2D eigenvalue weighted by atomic mass is 32.1. The Kier molecular flexibility index (Phi) is 6.12. The number of carbonyl (C=O) groups is 1. The van der Waals surface area contributed by atoms with E-state index in [0.717, 1.165) is 22.0 Å². The second-order valence-corrected chi connectivity index (χ2v) is 6.65. The van der Waals surface area contributed by atoms with Crippen molar-refractivity contribution in [3.05, 3.63) is 45.9 Å². The largest absolute Gasteiger partial charge is 0.491 e. The van der Waals surface area contributed by atoms with E-state index >= 15 is 0 Å². The molecule has 1 aromatic heterocycles. The molecule has 0 bridgehead atoms. The lowest BCUT2D eigenvalue weighted by Gasteiger charge is -2.14. The minimum atomic E-state index is -0.746. The average Bonchev–Trinajstić information content (AvgIpc) is 2.90. The van der Waals surface area contributed by atoms with Crippen LogP contribution in [0.15, 0.2) is 29.6 Å². The molecule has 0 aliphatic heterocycles. The number of amides is 1. The summed E-state index contributed by atoms with van der Waals surface area (Å²) in [6.45, 7) is 6.00. The highest BCUT2D eigenvalue weighted by Crippen LogP contribution is 2.18. The fraction of sp³-hybridized carbons (Fsp3) is 0.412. The number of aromatic nitrogens is 1. The number of thiazole rings is 1. The number of aryl methyl sites for hydroxylation is 1. The van der Waals surface area contributed by atoms with Crippen LogP contribution in [0, 0.1) is 6.92 Å². The number of nitrogens with one attached hydrogen (secondary N) is 1. The van der Waals surface area contributed by atoms with Crippen molar-refractivity contribution >= 4 is 17.2 Å². The maximum Gasteiger partial charge on any atom is 0.226 e. The van der Waals surface area contributed by atoms with Crippen LogP contribution in [0.5, 0.6) is 5.75 Å². The van der Waals surface area contributed by atoms with Gasteiger partial charge in [0.2, 0.25) is 5.91 Å². The molecule has 0 aliphatic carbocycles. The Morgan fingerprint density at radius 1 is 1.35 bits per heavy atom. The summed E-state index contributed by atoms with van der Waals surface area (Å²) in [5.41, 5.74) is 1.50. The first kappa shape index (κ1) is 17.4. The SMILES string of the molecule is Cc1nc(CC(=O)NCC(O)c2ccc(OC(C)C)cc2)cs1. The summed E-state index contributed by atoms with van der Waals surface area (Å²) < 4.78 is 5.56. The zero-order chi connectivity index (χ0) is 16.8. The van der Waals surface area contributed by atoms with Crippen molar-refractivity contribution in [1.82, 2.24) is 10.3 Å². The highest BCUT2D eigenvalue weighted by molar-refractivity contribution is 7.09. The smallest absolute Gasteiger partial charge is 0.226 e. The quantitative estimate of drug-likeness (QED) is 0.816. The van der Waals surface area contributed by atoms with Crippen molar-refractivity contribution in [1.29, 1.82) is 0 Å². The maximum absolute atomic E-state index is 11.9. The molecular weight excluding hydrogens is 312 g/mol. The van der Waals surface area contributed by atoms with Crippen LogP contribution in [0.25, 0.3) is 0 Å². The normalized spacial score (nSPS) is 12.2. The summed E-state index contributed by atoms with van der Waals surface area (Å²) >= 11 is 1.52. The van der Waals surface area contributed by atoms with Crippen molar-refractivity contribution in [2.24, 2.45) is 0 Å². The fourth-order valence-electron chi connectivity index (χ4n) is 2.09. The van der Waals surface area contributed by atoms with Crippen LogP contribution in [-0.4, -0.2) is 28.6 Å². The summed E-state index contributed by atoms with van der Waals surface area (Å²) in [5, 5.41) is 15.7. The van der Waals surface area contributed by atoms with Gasteiger partial charge in [-0.25, -0.2) is 4.98 Å². The van der Waals surface area contributed by atoms with Crippen LogP contribution in [0.4, 0.5) is 0 Å². The molecule has 2 aromatic rings. The Hall–Kier alpha value is -1.92. The third kappa shape index (κ3) is 5.65. The van der Waals surface area contributed by atoms with E-state index in [-0.39, 0.29) is 25.0 Å². The zero-order valence-corrected chi connectivity index (χ0v) is 14.4. The molecule has 0 fully saturated rings. The molecular formula is C17H22N2O3S. The molecule has 0 aliphatic rings. The number of aliphatic hydroxyl groups is 1. The van der Waals surface area contributed by atoms with E-state index in [2.05, 4.69) is 10.3 Å². The van der Waals surface area contributed by atoms with E-state index in [1.165, 1.54) is 11.3 Å². The first-order chi connectivity index (χ1) is 10.9. The molecule has 5 nitrogen and oxygen atoms in total. The Labute approximate surface area is 140 Å². The average molecular weight is 334 g/mol. The predicted octanol–water partition coefficient (Wildman–Crippen LogP) is 2.63. The van der Waals surface area contributed by atoms with Crippen molar-refractivity contribution < 1.29 is 14.6 Å². The first-order valence-corrected chi connectivity index (χ1v) is 8.44. The number of aliphatic hydroxyl groups excluding tert-OH is 1. The van der Waals surface area contributed by atoms with E-state index in [1.807, 2.05) is 38.3 Å². The van der Waals surface area contributed by atoms with Crippen LogP contribution in [-0.2, 0) is 11.2 Å². The van der Waals surface area contributed by atoms with E-state index in [4.69, 9.17) is 4.74 Å². The van der Waals surface area contributed by atoms with Gasteiger partial charge >= 0.3 is 0 Å². The Balaban J connectivity index is 1.81. The monoisotopic (exact) mass is 334 g/mol. The van der Waals surface area contributed by atoms with Crippen LogP contribution >= 0.6 is 11.3 Å². The fourth-order valence-corrected chi connectivity index (χ4v) is 2.70. The lowest BCUT2D eigenvalue weighted by molar-refractivity contribution is -0.120. The Morgan fingerprint density at radius 2 is 2.04 bits per heavy atom. The van der Waals surface area contributed by atoms with Gasteiger partial charge in [0.1, 0.15) is 5.75 Å². The zero-order valence-electron chi connectivity index (χ0n) is 13.6. The molecule has 1 amide bonds. The van der Waals surface area contributed by atoms with Crippen molar-refractivity contribution in [3.63, 3.8) is 0 Å². The van der Waals surface area contributed by atoms with Crippen molar-refractivity contribution in [2.75, 3.05) is 6.54 Å². The standard InChI is InChI=1S/C17H22N2O3S/c1-11(2)22-15-6-4-13(5-7-15)16(20)9-18-17(21)8-14-10-23-12(3)19-14/h4-7,10-11,16,20H,8-9H2,1-3H3,(H,18,21). The first-order valence-electron chi connectivity index (χ1n) is 7.56. The highest BCUT2D eigenvalue weighted by Gasteiger charge is 2.11. The van der Waals surface area contributed by atoms with Gasteiger partial charge in [-0.1, -0.05) is 12.1 Å². The molecule has 0 saturated carbocycles. The molecule has 2 N–H and O–H groups in total. The molecule has 2 rings (SSSR count). The summed E-state index contributed by atoms with van der Waals surface area (Å²) in [5.74, 6) is 0.619. The number of hydrogen-bond donors (Lipinski definition) is 2. The minimum Gasteiger partial charge on any atom is -0.491 e. The molecule has 1 atom stereocenters. The number of nitrogens with zero attached hydrogens (tertiary/aromatic N) is 1. The van der Waals surface area contributed by atoms with Gasteiger partial charge in [-0.05, 0) is 38.5 Å². The molecule has 23 heavy (non-hydrogen) atoms. The molecule has 0 saturated heterocycles. The van der Waals surface area contributed by atoms with Crippen LogP contribution in [0.1, 0.15) is 36.2 Å². The van der Waals surface area contributed by atoms with E-state index < -0.39 is 6.10 Å². The minimum absolute atomic E-state index is 0.111. The number of hydrogen-bond acceptors (Lipinski definition) is 5. The Bertz CT molecular complexity index is 638. The summed E-state index contributed by atoms with van der Waals surface area (Å²) in [6.07, 6.45) is -0.401.